The minimum Gasteiger partial charge on any atom is -0.296 e. The Bertz CT molecular complexity index is 1100. The maximum absolute atomic E-state index is 14.8. The van der Waals surface area contributed by atoms with Gasteiger partial charge in [0, 0.05) is 10.6 Å². The summed E-state index contributed by atoms with van der Waals surface area (Å²) >= 11 is 0. The van der Waals surface area contributed by atoms with Gasteiger partial charge in [0.2, 0.25) is 7.29 Å². The summed E-state index contributed by atoms with van der Waals surface area (Å²) in [4.78, 5) is 0. The normalized spacial score (nSPS) is 18.7. The average Bonchev–Trinajstić information content (AvgIpc) is 2.74. The van der Waals surface area contributed by atoms with Crippen molar-refractivity contribution in [2.24, 2.45) is 0 Å². The van der Waals surface area contributed by atoms with Crippen molar-refractivity contribution in [3.63, 3.8) is 0 Å². The van der Waals surface area contributed by atoms with Crippen LogP contribution in [0.5, 0.6) is 0 Å². The van der Waals surface area contributed by atoms with Crippen LogP contribution in [0.25, 0.3) is 0 Å². The first-order valence-corrected chi connectivity index (χ1v) is 11.7. The molecule has 0 aromatic heterocycles. The molecule has 0 heterocycles. The highest BCUT2D eigenvalue weighted by atomic mass is 31.2. The van der Waals surface area contributed by atoms with Crippen LogP contribution in [-0.4, -0.2) is 0 Å². The van der Waals surface area contributed by atoms with Crippen molar-refractivity contribution in [1.82, 2.24) is 5.09 Å². The molecular formula is C25H25N2OP. The highest BCUT2D eigenvalue weighted by Gasteiger charge is 2.44. The van der Waals surface area contributed by atoms with Gasteiger partial charge in [-0.25, -0.2) is 5.09 Å². The maximum atomic E-state index is 14.8. The Morgan fingerprint density at radius 2 is 1.45 bits per heavy atom. The summed E-state index contributed by atoms with van der Waals surface area (Å²) in [5, 5.41) is 15.4. The van der Waals surface area contributed by atoms with Gasteiger partial charge in [-0.15, -0.1) is 0 Å². The van der Waals surface area contributed by atoms with E-state index in [0.717, 1.165) is 45.7 Å². The molecular weight excluding hydrogens is 375 g/mol. The first kappa shape index (κ1) is 19.6. The van der Waals surface area contributed by atoms with E-state index >= 15 is 0 Å². The largest absolute Gasteiger partial charge is 0.296 e. The lowest BCUT2D eigenvalue weighted by Crippen LogP contribution is -2.46. The topological polar surface area (TPSA) is 52.9 Å². The summed E-state index contributed by atoms with van der Waals surface area (Å²) in [5.41, 5.74) is 3.06. The third-order valence-electron chi connectivity index (χ3n) is 5.92. The third kappa shape index (κ3) is 3.33. The van der Waals surface area contributed by atoms with E-state index in [2.05, 4.69) is 17.2 Å². The van der Waals surface area contributed by atoms with E-state index in [1.807, 2.05) is 80.6 Å². The third-order valence-corrected chi connectivity index (χ3v) is 8.98. The first-order chi connectivity index (χ1) is 14.0. The van der Waals surface area contributed by atoms with E-state index < -0.39 is 12.8 Å². The van der Waals surface area contributed by atoms with Crippen LogP contribution in [0.2, 0.25) is 0 Å². The lowest BCUT2D eigenvalue weighted by molar-refractivity contribution is 0.425. The van der Waals surface area contributed by atoms with Crippen molar-refractivity contribution in [2.45, 2.75) is 38.6 Å². The van der Waals surface area contributed by atoms with Crippen LogP contribution in [0, 0.1) is 25.2 Å². The molecule has 4 rings (SSSR count). The summed E-state index contributed by atoms with van der Waals surface area (Å²) in [6.45, 7) is 3.96. The number of nitrogens with zero attached hydrogens (tertiary/aromatic N) is 1. The highest BCUT2D eigenvalue weighted by Crippen LogP contribution is 2.48. The van der Waals surface area contributed by atoms with E-state index in [-0.39, 0.29) is 0 Å². The smallest absolute Gasteiger partial charge is 0.206 e. The fourth-order valence-electron chi connectivity index (χ4n) is 4.44. The predicted molar refractivity (Wildman–Crippen MR) is 119 cm³/mol. The number of nitrogens with one attached hydrogen (secondary N) is 1. The SMILES string of the molecule is Cc1ccccc1P(=O)(NC1(C#N)CCCc2ccccc21)c1ccccc1C. The van der Waals surface area contributed by atoms with Crippen LogP contribution in [0.1, 0.15) is 35.1 Å². The van der Waals surface area contributed by atoms with Gasteiger partial charge in [0.1, 0.15) is 5.54 Å². The predicted octanol–water partition coefficient (Wildman–Crippen LogP) is 4.88. The Labute approximate surface area is 172 Å². The number of fused-ring (bicyclic) bond motifs is 1. The van der Waals surface area contributed by atoms with Gasteiger partial charge in [-0.3, -0.25) is 4.57 Å². The zero-order valence-electron chi connectivity index (χ0n) is 16.9. The zero-order valence-corrected chi connectivity index (χ0v) is 17.7. The monoisotopic (exact) mass is 400 g/mol. The van der Waals surface area contributed by atoms with Crippen LogP contribution >= 0.6 is 7.29 Å². The quantitative estimate of drug-likeness (QED) is 0.635. The average molecular weight is 400 g/mol. The number of hydrogen-bond donors (Lipinski definition) is 1. The van der Waals surface area contributed by atoms with E-state index in [4.69, 9.17) is 0 Å². The summed E-state index contributed by atoms with van der Waals surface area (Å²) in [6.07, 6.45) is 2.47. The molecule has 0 saturated carbocycles. The Hall–Kier alpha value is -2.66. The molecule has 1 aliphatic rings. The van der Waals surface area contributed by atoms with Gasteiger partial charge in [0.25, 0.3) is 0 Å². The molecule has 0 radical (unpaired) electrons. The second-order valence-corrected chi connectivity index (χ2v) is 10.2. The van der Waals surface area contributed by atoms with Gasteiger partial charge in [0.05, 0.1) is 6.07 Å². The van der Waals surface area contributed by atoms with Crippen molar-refractivity contribution < 1.29 is 4.57 Å². The van der Waals surface area contributed by atoms with Crippen LogP contribution in [0.15, 0.2) is 72.8 Å². The molecule has 1 atom stereocenters. The molecule has 146 valence electrons. The molecule has 0 saturated heterocycles. The summed E-state index contributed by atoms with van der Waals surface area (Å²) < 4.78 is 14.8. The van der Waals surface area contributed by atoms with E-state index in [1.165, 1.54) is 0 Å². The Balaban J connectivity index is 1.95. The number of rotatable bonds is 4. The Morgan fingerprint density at radius 1 is 0.897 bits per heavy atom. The Kier molecular flexibility index (Phi) is 5.17. The molecule has 1 unspecified atom stereocenters. The van der Waals surface area contributed by atoms with Gasteiger partial charge in [-0.1, -0.05) is 60.7 Å². The maximum Gasteiger partial charge on any atom is 0.206 e. The van der Waals surface area contributed by atoms with E-state index in [9.17, 15) is 9.83 Å². The Morgan fingerprint density at radius 3 is 2.03 bits per heavy atom. The molecule has 0 fully saturated rings. The number of aryl methyl sites for hydroxylation is 3. The molecule has 3 nitrogen and oxygen atoms in total. The lowest BCUT2D eigenvalue weighted by Gasteiger charge is -2.38. The molecule has 3 aromatic carbocycles. The van der Waals surface area contributed by atoms with Crippen molar-refractivity contribution in [2.75, 3.05) is 0 Å². The fraction of sp³-hybridized carbons (Fsp3) is 0.240. The van der Waals surface area contributed by atoms with Crippen LogP contribution in [0.4, 0.5) is 0 Å². The number of nitriles is 1. The minimum absolute atomic E-state index is 0.641. The molecule has 29 heavy (non-hydrogen) atoms. The molecule has 0 aliphatic heterocycles. The summed E-state index contributed by atoms with van der Waals surface area (Å²) in [5.74, 6) is 0. The van der Waals surface area contributed by atoms with Crippen molar-refractivity contribution in [3.8, 4) is 6.07 Å². The van der Waals surface area contributed by atoms with Crippen molar-refractivity contribution in [3.05, 3.63) is 95.1 Å². The van der Waals surface area contributed by atoms with Gasteiger partial charge in [-0.05, 0) is 67.5 Å². The van der Waals surface area contributed by atoms with Crippen LogP contribution in [0.3, 0.4) is 0 Å². The van der Waals surface area contributed by atoms with E-state index in [1.54, 1.807) is 0 Å². The molecule has 1 N–H and O–H groups in total. The molecule has 0 amide bonds. The van der Waals surface area contributed by atoms with Gasteiger partial charge in [-0.2, -0.15) is 5.26 Å². The van der Waals surface area contributed by atoms with E-state index in [0.29, 0.717) is 6.42 Å². The van der Waals surface area contributed by atoms with Crippen molar-refractivity contribution >= 4 is 17.9 Å². The molecule has 0 bridgehead atoms. The van der Waals surface area contributed by atoms with Gasteiger partial charge in [0.15, 0.2) is 0 Å². The summed E-state index contributed by atoms with van der Waals surface area (Å²) in [6, 6.07) is 26.1. The second kappa shape index (κ2) is 7.64. The second-order valence-electron chi connectivity index (χ2n) is 7.82. The molecule has 1 aliphatic carbocycles. The fourth-order valence-corrected chi connectivity index (χ4v) is 7.50. The summed E-state index contributed by atoms with van der Waals surface area (Å²) in [7, 11) is -3.28. The molecule has 4 heteroatoms. The van der Waals surface area contributed by atoms with Crippen LogP contribution < -0.4 is 15.7 Å². The first-order valence-electron chi connectivity index (χ1n) is 10.0. The van der Waals surface area contributed by atoms with Gasteiger partial charge >= 0.3 is 0 Å². The lowest BCUT2D eigenvalue weighted by atomic mass is 9.78. The van der Waals surface area contributed by atoms with Crippen LogP contribution in [-0.2, 0) is 16.5 Å². The number of hydrogen-bond acceptors (Lipinski definition) is 2. The molecule has 0 spiro atoms. The van der Waals surface area contributed by atoms with Crippen molar-refractivity contribution in [1.29, 1.82) is 5.26 Å². The molecule has 3 aromatic rings. The highest BCUT2D eigenvalue weighted by molar-refractivity contribution is 7.77. The standard InChI is InChI=1S/C25H25N2OP/c1-19-10-3-7-15-23(19)29(28,24-16-8-4-11-20(24)2)27-25(18-26)17-9-13-21-12-5-6-14-22(21)25/h3-8,10-12,14-16H,9,13,17H2,1-2H3,(H,27,28). The minimum atomic E-state index is -3.28. The van der Waals surface area contributed by atoms with Gasteiger partial charge < -0.3 is 0 Å². The number of benzene rings is 3. The zero-order chi connectivity index (χ0) is 20.5.